The number of methoxy groups -OCH3 is 2. The van der Waals surface area contributed by atoms with Crippen LogP contribution in [0.5, 0.6) is 11.5 Å². The standard InChI is InChI=1S/C20H26FN3O2S.HI/c1-22-20(24-12-13-27-17-7-5-16(21)6-8-17)23-11-10-15-4-9-18(25-2)19(14-15)26-3;/h4-9,14H,10-13H2,1-3H3,(H2,22,23,24);1H. The SMILES string of the molecule is CN=C(NCCSc1ccc(F)cc1)NCCc1ccc(OC)c(OC)c1.I. The minimum absolute atomic E-state index is 0. The monoisotopic (exact) mass is 519 g/mol. The van der Waals surface area contributed by atoms with Gasteiger partial charge in [-0.25, -0.2) is 4.39 Å². The average molecular weight is 519 g/mol. The van der Waals surface area contributed by atoms with Crippen molar-refractivity contribution in [1.82, 2.24) is 10.6 Å². The first-order chi connectivity index (χ1) is 13.2. The first-order valence-electron chi connectivity index (χ1n) is 8.70. The van der Waals surface area contributed by atoms with E-state index < -0.39 is 0 Å². The molecule has 0 aliphatic rings. The maximum absolute atomic E-state index is 12.9. The lowest BCUT2D eigenvalue weighted by Gasteiger charge is -2.13. The highest BCUT2D eigenvalue weighted by Gasteiger charge is 2.05. The van der Waals surface area contributed by atoms with Gasteiger partial charge in [-0.3, -0.25) is 4.99 Å². The first kappa shape index (κ1) is 24.4. The van der Waals surface area contributed by atoms with E-state index in [-0.39, 0.29) is 29.8 Å². The van der Waals surface area contributed by atoms with Gasteiger partial charge in [0, 0.05) is 30.8 Å². The molecule has 2 aromatic carbocycles. The Morgan fingerprint density at radius 1 is 1.00 bits per heavy atom. The third-order valence-corrected chi connectivity index (χ3v) is 4.87. The molecule has 0 amide bonds. The summed E-state index contributed by atoms with van der Waals surface area (Å²) in [5, 5.41) is 6.58. The Labute approximate surface area is 187 Å². The molecule has 0 aliphatic heterocycles. The van der Waals surface area contributed by atoms with Gasteiger partial charge in [0.05, 0.1) is 14.2 Å². The number of rotatable bonds is 9. The molecule has 0 saturated heterocycles. The molecule has 0 fully saturated rings. The normalized spacial score (nSPS) is 10.8. The molecule has 28 heavy (non-hydrogen) atoms. The van der Waals surface area contributed by atoms with Crippen molar-refractivity contribution in [2.75, 3.05) is 40.1 Å². The van der Waals surface area contributed by atoms with Crippen LogP contribution < -0.4 is 20.1 Å². The highest BCUT2D eigenvalue weighted by molar-refractivity contribution is 14.0. The fourth-order valence-corrected chi connectivity index (χ4v) is 3.22. The molecule has 5 nitrogen and oxygen atoms in total. The van der Waals surface area contributed by atoms with Crippen LogP contribution in [0.1, 0.15) is 5.56 Å². The van der Waals surface area contributed by atoms with Crippen LogP contribution in [-0.2, 0) is 6.42 Å². The Hall–Kier alpha value is -1.68. The fourth-order valence-electron chi connectivity index (χ4n) is 2.45. The van der Waals surface area contributed by atoms with Crippen molar-refractivity contribution in [3.05, 3.63) is 53.8 Å². The molecule has 8 heteroatoms. The molecule has 2 aromatic rings. The van der Waals surface area contributed by atoms with Crippen LogP contribution in [0.2, 0.25) is 0 Å². The predicted octanol–water partition coefficient (Wildman–Crippen LogP) is 3.96. The smallest absolute Gasteiger partial charge is 0.191 e. The minimum atomic E-state index is -0.212. The van der Waals surface area contributed by atoms with Gasteiger partial charge in [-0.05, 0) is 48.4 Å². The lowest BCUT2D eigenvalue weighted by atomic mass is 10.1. The van der Waals surface area contributed by atoms with Crippen molar-refractivity contribution in [1.29, 1.82) is 0 Å². The molecule has 0 atom stereocenters. The van der Waals surface area contributed by atoms with Gasteiger partial charge in [-0.15, -0.1) is 35.7 Å². The van der Waals surface area contributed by atoms with E-state index in [2.05, 4.69) is 15.6 Å². The highest BCUT2D eigenvalue weighted by atomic mass is 127. The number of thioether (sulfide) groups is 1. The second kappa shape index (κ2) is 13.5. The van der Waals surface area contributed by atoms with E-state index in [1.54, 1.807) is 45.2 Å². The molecule has 0 aliphatic carbocycles. The third kappa shape index (κ3) is 8.14. The van der Waals surface area contributed by atoms with E-state index in [9.17, 15) is 4.39 Å². The molecule has 0 aromatic heterocycles. The molecule has 0 unspecified atom stereocenters. The van der Waals surface area contributed by atoms with E-state index in [1.165, 1.54) is 12.1 Å². The number of halogens is 2. The van der Waals surface area contributed by atoms with Gasteiger partial charge in [-0.1, -0.05) is 6.07 Å². The van der Waals surface area contributed by atoms with Crippen LogP contribution in [0.15, 0.2) is 52.4 Å². The van der Waals surface area contributed by atoms with Crippen molar-refractivity contribution in [3.8, 4) is 11.5 Å². The number of ether oxygens (including phenoxy) is 2. The Kier molecular flexibility index (Phi) is 11.7. The second-order valence-corrected chi connectivity index (χ2v) is 6.84. The Balaban J connectivity index is 0.00000392. The Bertz CT molecular complexity index is 745. The van der Waals surface area contributed by atoms with Gasteiger partial charge in [0.2, 0.25) is 0 Å². The summed E-state index contributed by atoms with van der Waals surface area (Å²) in [7, 11) is 5.01. The lowest BCUT2D eigenvalue weighted by molar-refractivity contribution is 0.354. The van der Waals surface area contributed by atoms with Gasteiger partial charge < -0.3 is 20.1 Å². The maximum atomic E-state index is 12.9. The number of hydrogen-bond donors (Lipinski definition) is 2. The Morgan fingerprint density at radius 3 is 2.32 bits per heavy atom. The van der Waals surface area contributed by atoms with Crippen molar-refractivity contribution in [3.63, 3.8) is 0 Å². The van der Waals surface area contributed by atoms with Crippen LogP contribution in [0.3, 0.4) is 0 Å². The Morgan fingerprint density at radius 2 is 1.68 bits per heavy atom. The number of benzene rings is 2. The lowest BCUT2D eigenvalue weighted by Crippen LogP contribution is -2.39. The first-order valence-corrected chi connectivity index (χ1v) is 9.68. The zero-order chi connectivity index (χ0) is 19.5. The zero-order valence-corrected chi connectivity index (χ0v) is 19.5. The number of nitrogens with zero attached hydrogens (tertiary/aromatic N) is 1. The van der Waals surface area contributed by atoms with E-state index >= 15 is 0 Å². The summed E-state index contributed by atoms with van der Waals surface area (Å²) in [4.78, 5) is 5.28. The van der Waals surface area contributed by atoms with E-state index in [4.69, 9.17) is 9.47 Å². The quantitative estimate of drug-likeness (QED) is 0.173. The highest BCUT2D eigenvalue weighted by Crippen LogP contribution is 2.27. The predicted molar refractivity (Wildman–Crippen MR) is 125 cm³/mol. The zero-order valence-electron chi connectivity index (χ0n) is 16.3. The van der Waals surface area contributed by atoms with Gasteiger partial charge in [-0.2, -0.15) is 0 Å². The molecular weight excluding hydrogens is 492 g/mol. The summed E-state index contributed by atoms with van der Waals surface area (Å²) in [6, 6.07) is 12.4. The summed E-state index contributed by atoms with van der Waals surface area (Å²) in [5.41, 5.74) is 1.16. The molecule has 154 valence electrons. The van der Waals surface area contributed by atoms with E-state index in [0.717, 1.165) is 53.2 Å². The molecular formula is C20H27FIN3O2S. The number of aliphatic imine (C=N–C) groups is 1. The number of nitrogens with one attached hydrogen (secondary N) is 2. The molecule has 0 heterocycles. The van der Waals surface area contributed by atoms with Crippen molar-refractivity contribution in [2.24, 2.45) is 4.99 Å². The molecule has 2 N–H and O–H groups in total. The van der Waals surface area contributed by atoms with Gasteiger partial charge in [0.25, 0.3) is 0 Å². The summed E-state index contributed by atoms with van der Waals surface area (Å²) in [6.07, 6.45) is 0.839. The van der Waals surface area contributed by atoms with Crippen LogP contribution in [0.25, 0.3) is 0 Å². The molecule has 0 radical (unpaired) electrons. The maximum Gasteiger partial charge on any atom is 0.191 e. The topological polar surface area (TPSA) is 54.9 Å². The molecule has 0 spiro atoms. The van der Waals surface area contributed by atoms with Crippen molar-refractivity contribution >= 4 is 41.7 Å². The van der Waals surface area contributed by atoms with Gasteiger partial charge in [0.15, 0.2) is 17.5 Å². The van der Waals surface area contributed by atoms with Crippen LogP contribution in [-0.4, -0.2) is 46.1 Å². The van der Waals surface area contributed by atoms with E-state index in [0.29, 0.717) is 0 Å². The molecule has 0 bridgehead atoms. The van der Waals surface area contributed by atoms with Crippen LogP contribution >= 0.6 is 35.7 Å². The average Bonchev–Trinajstić information content (AvgIpc) is 2.70. The third-order valence-electron chi connectivity index (χ3n) is 3.85. The van der Waals surface area contributed by atoms with Gasteiger partial charge in [0.1, 0.15) is 5.82 Å². The fraction of sp³-hybridized carbons (Fsp3) is 0.350. The summed E-state index contributed by atoms with van der Waals surface area (Å²) in [5.74, 6) is 2.87. The summed E-state index contributed by atoms with van der Waals surface area (Å²) in [6.45, 7) is 1.51. The largest absolute Gasteiger partial charge is 0.493 e. The van der Waals surface area contributed by atoms with Crippen molar-refractivity contribution < 1.29 is 13.9 Å². The minimum Gasteiger partial charge on any atom is -0.493 e. The number of guanidine groups is 1. The number of hydrogen-bond acceptors (Lipinski definition) is 4. The summed E-state index contributed by atoms with van der Waals surface area (Å²) >= 11 is 1.67. The summed E-state index contributed by atoms with van der Waals surface area (Å²) < 4.78 is 23.5. The van der Waals surface area contributed by atoms with E-state index in [1.807, 2.05) is 18.2 Å². The molecule has 2 rings (SSSR count). The van der Waals surface area contributed by atoms with Gasteiger partial charge >= 0.3 is 0 Å². The van der Waals surface area contributed by atoms with Crippen molar-refractivity contribution in [2.45, 2.75) is 11.3 Å². The van der Waals surface area contributed by atoms with Crippen LogP contribution in [0.4, 0.5) is 4.39 Å². The molecule has 0 saturated carbocycles. The second-order valence-electron chi connectivity index (χ2n) is 5.67. The van der Waals surface area contributed by atoms with Crippen LogP contribution in [0, 0.1) is 5.82 Å².